The predicted octanol–water partition coefficient (Wildman–Crippen LogP) is 3.16. The van der Waals surface area contributed by atoms with Gasteiger partial charge in [0.15, 0.2) is 0 Å². The Labute approximate surface area is 176 Å². The van der Waals surface area contributed by atoms with E-state index in [4.69, 9.17) is 0 Å². The number of nitrogens with zero attached hydrogens (tertiary/aromatic N) is 2. The number of carbonyl (C=O) groups excluding carboxylic acids is 1. The van der Waals surface area contributed by atoms with Crippen LogP contribution in [-0.4, -0.2) is 41.7 Å². The second-order valence-electron chi connectivity index (χ2n) is 8.18. The average molecular weight is 427 g/mol. The lowest BCUT2D eigenvalue weighted by Gasteiger charge is -2.34. The second-order valence-corrected chi connectivity index (χ2v) is 10.1. The number of carbonyl (C=O) groups is 1. The van der Waals surface area contributed by atoms with Gasteiger partial charge in [0, 0.05) is 18.7 Å². The number of para-hydroxylation sites is 2. The number of amides is 1. The molecule has 1 aliphatic heterocycles. The fourth-order valence-corrected chi connectivity index (χ4v) is 5.83. The number of hydrogen-bond donors (Lipinski definition) is 2. The third-order valence-corrected chi connectivity index (χ3v) is 7.25. The molecule has 3 aromatic rings. The van der Waals surface area contributed by atoms with E-state index in [9.17, 15) is 13.2 Å². The second kappa shape index (κ2) is 8.20. The number of nitrogens with one attached hydrogen (secondary N) is 2. The summed E-state index contributed by atoms with van der Waals surface area (Å²) in [6.45, 7) is 5.39. The van der Waals surface area contributed by atoms with E-state index < -0.39 is 10.0 Å². The molecule has 1 aromatic heterocycles. The summed E-state index contributed by atoms with van der Waals surface area (Å²) in [5.41, 5.74) is 2.05. The fourth-order valence-electron chi connectivity index (χ4n) is 4.10. The maximum atomic E-state index is 13.1. The lowest BCUT2D eigenvalue weighted by molar-refractivity contribution is 0.0949. The number of piperidine rings is 1. The standard InChI is InChI=1S/C22H26N4O3S/c1-15-10-16(2)14-26(13-15)30(28,29)18-7-5-6-17(11-18)22(27)23-12-21-24-19-8-3-4-9-20(19)25-21/h3-9,11,15-16H,10,12-14H2,1-2H3,(H,23,27)(H,24,25). The van der Waals surface area contributed by atoms with Gasteiger partial charge in [-0.3, -0.25) is 4.79 Å². The first-order chi connectivity index (χ1) is 14.3. The zero-order chi connectivity index (χ0) is 21.3. The molecule has 0 radical (unpaired) electrons. The van der Waals surface area contributed by atoms with Crippen molar-refractivity contribution in [2.45, 2.75) is 31.7 Å². The van der Waals surface area contributed by atoms with Crippen LogP contribution in [-0.2, 0) is 16.6 Å². The number of rotatable bonds is 5. The summed E-state index contributed by atoms with van der Waals surface area (Å²) in [7, 11) is -3.63. The van der Waals surface area contributed by atoms with Gasteiger partial charge >= 0.3 is 0 Å². The van der Waals surface area contributed by atoms with Crippen LogP contribution in [0.15, 0.2) is 53.4 Å². The van der Waals surface area contributed by atoms with Crippen molar-refractivity contribution in [1.82, 2.24) is 19.6 Å². The molecular weight excluding hydrogens is 400 g/mol. The van der Waals surface area contributed by atoms with Crippen molar-refractivity contribution in [2.75, 3.05) is 13.1 Å². The van der Waals surface area contributed by atoms with Crippen molar-refractivity contribution in [2.24, 2.45) is 11.8 Å². The summed E-state index contributed by atoms with van der Waals surface area (Å²) in [5.74, 6) is 0.940. The lowest BCUT2D eigenvalue weighted by atomic mass is 9.94. The maximum Gasteiger partial charge on any atom is 0.251 e. The molecule has 2 atom stereocenters. The molecule has 1 saturated heterocycles. The smallest absolute Gasteiger partial charge is 0.251 e. The number of aromatic nitrogens is 2. The van der Waals surface area contributed by atoms with Crippen LogP contribution in [0, 0.1) is 11.8 Å². The zero-order valence-electron chi connectivity index (χ0n) is 17.1. The summed E-state index contributed by atoms with van der Waals surface area (Å²) in [4.78, 5) is 20.4. The predicted molar refractivity (Wildman–Crippen MR) is 115 cm³/mol. The minimum absolute atomic E-state index is 0.153. The molecule has 7 nitrogen and oxygen atoms in total. The third-order valence-electron chi connectivity index (χ3n) is 5.42. The highest BCUT2D eigenvalue weighted by Gasteiger charge is 2.31. The van der Waals surface area contributed by atoms with Gasteiger partial charge in [0.25, 0.3) is 5.91 Å². The van der Waals surface area contributed by atoms with Crippen LogP contribution in [0.2, 0.25) is 0 Å². The Hall–Kier alpha value is -2.71. The minimum Gasteiger partial charge on any atom is -0.345 e. The molecule has 2 N–H and O–H groups in total. The van der Waals surface area contributed by atoms with Crippen LogP contribution in [0.1, 0.15) is 36.5 Å². The summed E-state index contributed by atoms with van der Waals surface area (Å²) >= 11 is 0. The van der Waals surface area contributed by atoms with Gasteiger partial charge in [0.1, 0.15) is 5.82 Å². The van der Waals surface area contributed by atoms with Gasteiger partial charge in [0.05, 0.1) is 22.5 Å². The molecule has 158 valence electrons. The van der Waals surface area contributed by atoms with Gasteiger partial charge in [-0.2, -0.15) is 4.31 Å². The van der Waals surface area contributed by atoms with Gasteiger partial charge in [0.2, 0.25) is 10.0 Å². The molecule has 0 aliphatic carbocycles. The summed E-state index contributed by atoms with van der Waals surface area (Å²) in [5, 5.41) is 2.81. The van der Waals surface area contributed by atoms with Crippen LogP contribution in [0.3, 0.4) is 0 Å². The monoisotopic (exact) mass is 426 g/mol. The van der Waals surface area contributed by atoms with Crippen molar-refractivity contribution in [3.05, 3.63) is 59.9 Å². The molecular formula is C22H26N4O3S. The molecule has 4 rings (SSSR count). The maximum absolute atomic E-state index is 13.1. The topological polar surface area (TPSA) is 95.2 Å². The Morgan fingerprint density at radius 2 is 1.87 bits per heavy atom. The van der Waals surface area contributed by atoms with Crippen molar-refractivity contribution in [3.8, 4) is 0 Å². The van der Waals surface area contributed by atoms with E-state index >= 15 is 0 Å². The Bertz CT molecular complexity index is 1130. The third kappa shape index (κ3) is 4.24. The molecule has 8 heteroatoms. The Morgan fingerprint density at radius 3 is 2.60 bits per heavy atom. The van der Waals surface area contributed by atoms with Crippen LogP contribution in [0.25, 0.3) is 11.0 Å². The Kier molecular flexibility index (Phi) is 5.62. The Morgan fingerprint density at radius 1 is 1.13 bits per heavy atom. The summed E-state index contributed by atoms with van der Waals surface area (Å²) < 4.78 is 27.8. The quantitative estimate of drug-likeness (QED) is 0.655. The molecule has 1 aliphatic rings. The summed E-state index contributed by atoms with van der Waals surface area (Å²) in [6.07, 6.45) is 1.02. The molecule has 2 heterocycles. The van der Waals surface area contributed by atoms with E-state index in [2.05, 4.69) is 29.1 Å². The van der Waals surface area contributed by atoms with E-state index in [0.29, 0.717) is 36.3 Å². The van der Waals surface area contributed by atoms with E-state index in [0.717, 1.165) is 17.5 Å². The molecule has 0 bridgehead atoms. The van der Waals surface area contributed by atoms with Gasteiger partial charge in [-0.05, 0) is 48.6 Å². The molecule has 0 saturated carbocycles. The Balaban J connectivity index is 1.48. The SMILES string of the molecule is CC1CC(C)CN(S(=O)(=O)c2cccc(C(=O)NCc3nc4ccccc4[nH]3)c2)C1. The van der Waals surface area contributed by atoms with Crippen molar-refractivity contribution in [1.29, 1.82) is 0 Å². The van der Waals surface area contributed by atoms with Gasteiger partial charge in [-0.15, -0.1) is 0 Å². The molecule has 2 unspecified atom stereocenters. The number of fused-ring (bicyclic) bond motifs is 1. The summed E-state index contributed by atoms with van der Waals surface area (Å²) in [6, 6.07) is 13.9. The van der Waals surface area contributed by atoms with Crippen molar-refractivity contribution in [3.63, 3.8) is 0 Å². The number of H-pyrrole nitrogens is 1. The van der Waals surface area contributed by atoms with E-state index in [-0.39, 0.29) is 17.3 Å². The first-order valence-corrected chi connectivity index (χ1v) is 11.6. The fraction of sp³-hybridized carbons (Fsp3) is 0.364. The minimum atomic E-state index is -3.63. The number of sulfonamides is 1. The van der Waals surface area contributed by atoms with Crippen molar-refractivity contribution >= 4 is 27.0 Å². The normalized spacial score (nSPS) is 20.3. The highest BCUT2D eigenvalue weighted by molar-refractivity contribution is 7.89. The molecule has 1 fully saturated rings. The molecule has 0 spiro atoms. The highest BCUT2D eigenvalue weighted by atomic mass is 32.2. The molecule has 1 amide bonds. The molecule has 30 heavy (non-hydrogen) atoms. The van der Waals surface area contributed by atoms with Crippen LogP contribution in [0.5, 0.6) is 0 Å². The number of hydrogen-bond acceptors (Lipinski definition) is 4. The number of benzene rings is 2. The van der Waals surface area contributed by atoms with Gasteiger partial charge in [-0.1, -0.05) is 32.0 Å². The van der Waals surface area contributed by atoms with E-state index in [1.165, 1.54) is 10.4 Å². The van der Waals surface area contributed by atoms with E-state index in [1.54, 1.807) is 18.2 Å². The molecule has 2 aromatic carbocycles. The van der Waals surface area contributed by atoms with Gasteiger partial charge in [-0.25, -0.2) is 13.4 Å². The van der Waals surface area contributed by atoms with Crippen molar-refractivity contribution < 1.29 is 13.2 Å². The van der Waals surface area contributed by atoms with E-state index in [1.807, 2.05) is 24.3 Å². The first-order valence-electron chi connectivity index (χ1n) is 10.1. The van der Waals surface area contributed by atoms with Crippen LogP contribution >= 0.6 is 0 Å². The zero-order valence-corrected chi connectivity index (χ0v) is 17.9. The average Bonchev–Trinajstić information content (AvgIpc) is 3.14. The first kappa shape index (κ1) is 20.6. The number of imidazole rings is 1. The van der Waals surface area contributed by atoms with Gasteiger partial charge < -0.3 is 10.3 Å². The van der Waals surface area contributed by atoms with Crippen LogP contribution in [0.4, 0.5) is 0 Å². The van der Waals surface area contributed by atoms with Crippen LogP contribution < -0.4 is 5.32 Å². The number of aromatic amines is 1. The lowest BCUT2D eigenvalue weighted by Crippen LogP contribution is -2.42. The largest absolute Gasteiger partial charge is 0.345 e. The highest BCUT2D eigenvalue weighted by Crippen LogP contribution is 2.27.